The molecule has 0 amide bonds. The van der Waals surface area contributed by atoms with E-state index < -0.39 is 0 Å². The first-order chi connectivity index (χ1) is 8.78. The Labute approximate surface area is 111 Å². The van der Waals surface area contributed by atoms with E-state index in [2.05, 4.69) is 33.2 Å². The van der Waals surface area contributed by atoms with Gasteiger partial charge >= 0.3 is 0 Å². The summed E-state index contributed by atoms with van der Waals surface area (Å²) in [5, 5.41) is 3.20. The highest BCUT2D eigenvalue weighted by Gasteiger charge is 2.21. The Morgan fingerprint density at radius 2 is 2.17 bits per heavy atom. The molecule has 96 valence electrons. The summed E-state index contributed by atoms with van der Waals surface area (Å²) in [5.41, 5.74) is 5.80. The molecule has 4 nitrogen and oxygen atoms in total. The molecular formula is C13H18N4S. The largest absolute Gasteiger partial charge is 0.368 e. The summed E-state index contributed by atoms with van der Waals surface area (Å²) in [7, 11) is 0. The van der Waals surface area contributed by atoms with E-state index in [-0.39, 0.29) is 0 Å². The van der Waals surface area contributed by atoms with Gasteiger partial charge in [-0.1, -0.05) is 13.3 Å². The summed E-state index contributed by atoms with van der Waals surface area (Å²) >= 11 is 1.63. The zero-order valence-corrected chi connectivity index (χ0v) is 11.4. The van der Waals surface area contributed by atoms with E-state index in [1.165, 1.54) is 19.3 Å². The molecule has 0 spiro atoms. The Balaban J connectivity index is 1.92. The molecule has 0 unspecified atom stereocenters. The second-order valence-corrected chi connectivity index (χ2v) is 5.78. The van der Waals surface area contributed by atoms with Crippen LogP contribution in [0, 0.1) is 5.92 Å². The van der Waals surface area contributed by atoms with E-state index in [4.69, 9.17) is 5.73 Å². The average Bonchev–Trinajstić information content (AvgIpc) is 2.86. The molecule has 3 rings (SSSR count). The van der Waals surface area contributed by atoms with Gasteiger partial charge in [0.25, 0.3) is 0 Å². The number of hydrogen-bond acceptors (Lipinski definition) is 5. The van der Waals surface area contributed by atoms with Gasteiger partial charge in [-0.25, -0.2) is 4.98 Å². The van der Waals surface area contributed by atoms with E-state index in [1.54, 1.807) is 11.3 Å². The quantitative estimate of drug-likeness (QED) is 0.904. The van der Waals surface area contributed by atoms with E-state index >= 15 is 0 Å². The first-order valence-corrected chi connectivity index (χ1v) is 7.41. The van der Waals surface area contributed by atoms with E-state index in [9.17, 15) is 0 Å². The van der Waals surface area contributed by atoms with E-state index in [1.807, 2.05) is 0 Å². The molecule has 1 saturated heterocycles. The SMILES string of the molecule is CCC1CCN(c2nc(N)nc3sccc23)CC1. The number of fused-ring (bicyclic) bond motifs is 1. The van der Waals surface area contributed by atoms with Crippen LogP contribution in [0.1, 0.15) is 26.2 Å². The fourth-order valence-electron chi connectivity index (χ4n) is 2.65. The van der Waals surface area contributed by atoms with Crippen molar-refractivity contribution in [3.8, 4) is 0 Å². The van der Waals surface area contributed by atoms with Gasteiger partial charge in [-0.15, -0.1) is 11.3 Å². The van der Waals surface area contributed by atoms with Gasteiger partial charge in [0.2, 0.25) is 5.95 Å². The molecular weight excluding hydrogens is 244 g/mol. The van der Waals surface area contributed by atoms with Gasteiger partial charge in [0.1, 0.15) is 10.6 Å². The summed E-state index contributed by atoms with van der Waals surface area (Å²) in [4.78, 5) is 12.1. The average molecular weight is 262 g/mol. The number of nitrogens with two attached hydrogens (primary N) is 1. The second-order valence-electron chi connectivity index (χ2n) is 4.88. The van der Waals surface area contributed by atoms with Crippen molar-refractivity contribution in [1.29, 1.82) is 0 Å². The fraction of sp³-hybridized carbons (Fsp3) is 0.538. The second kappa shape index (κ2) is 4.72. The highest BCUT2D eigenvalue weighted by Crippen LogP contribution is 2.31. The van der Waals surface area contributed by atoms with Crippen LogP contribution in [0.15, 0.2) is 11.4 Å². The van der Waals surface area contributed by atoms with Gasteiger partial charge in [-0.3, -0.25) is 0 Å². The zero-order chi connectivity index (χ0) is 12.5. The number of piperidine rings is 1. The van der Waals surface area contributed by atoms with Gasteiger partial charge in [-0.05, 0) is 30.2 Å². The number of thiophene rings is 1. The fourth-order valence-corrected chi connectivity index (χ4v) is 3.42. The first-order valence-electron chi connectivity index (χ1n) is 6.53. The molecule has 18 heavy (non-hydrogen) atoms. The Hall–Kier alpha value is -1.36. The van der Waals surface area contributed by atoms with Gasteiger partial charge in [0.15, 0.2) is 0 Å². The first kappa shape index (κ1) is 11.7. The van der Waals surface area contributed by atoms with Crippen LogP contribution >= 0.6 is 11.3 Å². The molecule has 0 bridgehead atoms. The third-order valence-electron chi connectivity index (χ3n) is 3.81. The zero-order valence-electron chi connectivity index (χ0n) is 10.6. The minimum Gasteiger partial charge on any atom is -0.368 e. The maximum absolute atomic E-state index is 5.80. The van der Waals surface area contributed by atoms with Crippen LogP contribution in [0.4, 0.5) is 11.8 Å². The maximum Gasteiger partial charge on any atom is 0.223 e. The molecule has 1 aliphatic rings. The lowest BCUT2D eigenvalue weighted by Gasteiger charge is -2.32. The standard InChI is InChI=1S/C13H18N4S/c1-2-9-3-6-17(7-4-9)11-10-5-8-18-12(10)16-13(14)15-11/h5,8-9H,2-4,6-7H2,1H3,(H2,14,15,16). The third kappa shape index (κ3) is 2.03. The van der Waals surface area contributed by atoms with Crippen LogP contribution < -0.4 is 10.6 Å². The van der Waals surface area contributed by atoms with E-state index in [0.29, 0.717) is 5.95 Å². The molecule has 0 aliphatic carbocycles. The van der Waals surface area contributed by atoms with Crippen LogP contribution in [0.2, 0.25) is 0 Å². The number of nitrogen functional groups attached to an aromatic ring is 1. The minimum absolute atomic E-state index is 0.387. The van der Waals surface area contributed by atoms with Crippen molar-refractivity contribution in [2.24, 2.45) is 5.92 Å². The highest BCUT2D eigenvalue weighted by molar-refractivity contribution is 7.16. The Morgan fingerprint density at radius 1 is 1.39 bits per heavy atom. The van der Waals surface area contributed by atoms with Crippen LogP contribution in [0.25, 0.3) is 10.2 Å². The molecule has 1 aliphatic heterocycles. The molecule has 1 fully saturated rings. The number of rotatable bonds is 2. The molecule has 2 aromatic heterocycles. The molecule has 0 saturated carbocycles. The smallest absolute Gasteiger partial charge is 0.223 e. The number of aromatic nitrogens is 2. The molecule has 2 aromatic rings. The van der Waals surface area contributed by atoms with Crippen LogP contribution in [0.3, 0.4) is 0 Å². The van der Waals surface area contributed by atoms with Crippen molar-refractivity contribution in [3.63, 3.8) is 0 Å². The van der Waals surface area contributed by atoms with Gasteiger partial charge in [0.05, 0.1) is 5.39 Å². The normalized spacial score (nSPS) is 17.5. The minimum atomic E-state index is 0.387. The monoisotopic (exact) mass is 262 g/mol. The summed E-state index contributed by atoms with van der Waals surface area (Å²) in [6, 6.07) is 2.10. The summed E-state index contributed by atoms with van der Waals surface area (Å²) in [5.74, 6) is 2.28. The molecule has 0 radical (unpaired) electrons. The predicted octanol–water partition coefficient (Wildman–Crippen LogP) is 2.90. The van der Waals surface area contributed by atoms with Crippen molar-refractivity contribution in [2.45, 2.75) is 26.2 Å². The predicted molar refractivity (Wildman–Crippen MR) is 77.1 cm³/mol. The third-order valence-corrected chi connectivity index (χ3v) is 4.62. The Bertz CT molecular complexity index is 543. The molecule has 2 N–H and O–H groups in total. The molecule has 0 aromatic carbocycles. The van der Waals surface area contributed by atoms with E-state index in [0.717, 1.165) is 35.0 Å². The van der Waals surface area contributed by atoms with Crippen LogP contribution in [-0.4, -0.2) is 23.1 Å². The summed E-state index contributed by atoms with van der Waals surface area (Å²) in [6.07, 6.45) is 3.80. The number of hydrogen-bond donors (Lipinski definition) is 1. The van der Waals surface area contributed by atoms with Crippen molar-refractivity contribution >= 4 is 33.3 Å². The van der Waals surface area contributed by atoms with Gasteiger partial charge in [-0.2, -0.15) is 4.98 Å². The summed E-state index contributed by atoms with van der Waals surface area (Å²) < 4.78 is 0. The van der Waals surface area contributed by atoms with Crippen molar-refractivity contribution in [3.05, 3.63) is 11.4 Å². The summed E-state index contributed by atoms with van der Waals surface area (Å²) in [6.45, 7) is 4.44. The van der Waals surface area contributed by atoms with Gasteiger partial charge < -0.3 is 10.6 Å². The van der Waals surface area contributed by atoms with Gasteiger partial charge in [0, 0.05) is 13.1 Å². The van der Waals surface area contributed by atoms with Crippen LogP contribution in [-0.2, 0) is 0 Å². The topological polar surface area (TPSA) is 55.0 Å². The molecule has 0 atom stereocenters. The molecule has 5 heteroatoms. The van der Waals surface area contributed by atoms with Crippen LogP contribution in [0.5, 0.6) is 0 Å². The Kier molecular flexibility index (Phi) is 3.07. The Morgan fingerprint density at radius 3 is 2.89 bits per heavy atom. The number of nitrogens with zero attached hydrogens (tertiary/aromatic N) is 3. The molecule has 3 heterocycles. The lowest BCUT2D eigenvalue weighted by atomic mass is 9.94. The van der Waals surface area contributed by atoms with Crippen molar-refractivity contribution in [2.75, 3.05) is 23.7 Å². The lowest BCUT2D eigenvalue weighted by Crippen LogP contribution is -2.34. The highest BCUT2D eigenvalue weighted by atomic mass is 32.1. The van der Waals surface area contributed by atoms with Crippen molar-refractivity contribution < 1.29 is 0 Å². The lowest BCUT2D eigenvalue weighted by molar-refractivity contribution is 0.394. The van der Waals surface area contributed by atoms with Crippen molar-refractivity contribution in [1.82, 2.24) is 9.97 Å². The maximum atomic E-state index is 5.80. The number of anilines is 2.